The molecule has 3 nitrogen and oxygen atoms in total. The highest BCUT2D eigenvalue weighted by atomic mass is 16.5. The SMILES string of the molecule is C=CCCCCCC(=O)c1cccnc1OC. The third kappa shape index (κ3) is 4.39. The van der Waals surface area contributed by atoms with Crippen LogP contribution in [0, 0.1) is 0 Å². The number of methoxy groups -OCH3 is 1. The average Bonchev–Trinajstić information content (AvgIpc) is 2.38. The van der Waals surface area contributed by atoms with Gasteiger partial charge in [0, 0.05) is 12.6 Å². The highest BCUT2D eigenvalue weighted by molar-refractivity contribution is 5.98. The van der Waals surface area contributed by atoms with Gasteiger partial charge in [0.05, 0.1) is 12.7 Å². The maximum absolute atomic E-state index is 11.9. The summed E-state index contributed by atoms with van der Waals surface area (Å²) in [7, 11) is 1.53. The molecule has 0 aromatic carbocycles. The lowest BCUT2D eigenvalue weighted by atomic mass is 10.1. The zero-order valence-electron chi connectivity index (χ0n) is 10.3. The largest absolute Gasteiger partial charge is 0.480 e. The minimum absolute atomic E-state index is 0.105. The molecule has 0 aliphatic heterocycles. The van der Waals surface area contributed by atoms with Gasteiger partial charge in [-0.1, -0.05) is 12.5 Å². The highest BCUT2D eigenvalue weighted by Crippen LogP contribution is 2.17. The quantitative estimate of drug-likeness (QED) is 0.392. The number of aromatic nitrogens is 1. The van der Waals surface area contributed by atoms with Crippen LogP contribution in [-0.2, 0) is 0 Å². The van der Waals surface area contributed by atoms with E-state index in [-0.39, 0.29) is 5.78 Å². The van der Waals surface area contributed by atoms with Crippen LogP contribution in [0.2, 0.25) is 0 Å². The number of rotatable bonds is 8. The molecule has 0 aliphatic carbocycles. The molecule has 0 N–H and O–H groups in total. The first-order valence-corrected chi connectivity index (χ1v) is 5.92. The van der Waals surface area contributed by atoms with Crippen LogP contribution in [0.3, 0.4) is 0 Å². The number of ether oxygens (including phenoxy) is 1. The molecule has 17 heavy (non-hydrogen) atoms. The lowest BCUT2D eigenvalue weighted by molar-refractivity contribution is 0.0975. The smallest absolute Gasteiger partial charge is 0.224 e. The van der Waals surface area contributed by atoms with Crippen molar-refractivity contribution >= 4 is 5.78 Å². The number of pyridine rings is 1. The van der Waals surface area contributed by atoms with Crippen LogP contribution in [0.5, 0.6) is 5.88 Å². The van der Waals surface area contributed by atoms with Crippen LogP contribution in [0.25, 0.3) is 0 Å². The molecule has 1 aromatic heterocycles. The lowest BCUT2D eigenvalue weighted by Crippen LogP contribution is -2.03. The molecule has 1 heterocycles. The molecule has 1 aromatic rings. The average molecular weight is 233 g/mol. The predicted molar refractivity (Wildman–Crippen MR) is 68.4 cm³/mol. The summed E-state index contributed by atoms with van der Waals surface area (Å²) in [6.45, 7) is 3.67. The minimum Gasteiger partial charge on any atom is -0.480 e. The molecular weight excluding hydrogens is 214 g/mol. The molecule has 0 bridgehead atoms. The van der Waals surface area contributed by atoms with Gasteiger partial charge in [0.15, 0.2) is 5.78 Å². The molecule has 0 aliphatic rings. The molecule has 1 rings (SSSR count). The van der Waals surface area contributed by atoms with Crippen molar-refractivity contribution in [1.29, 1.82) is 0 Å². The van der Waals surface area contributed by atoms with Gasteiger partial charge in [0.1, 0.15) is 0 Å². The molecule has 3 heteroatoms. The van der Waals surface area contributed by atoms with E-state index < -0.39 is 0 Å². The van der Waals surface area contributed by atoms with Crippen molar-refractivity contribution in [1.82, 2.24) is 4.98 Å². The molecule has 0 spiro atoms. The first kappa shape index (κ1) is 13.4. The molecular formula is C14H19NO2. The first-order chi connectivity index (χ1) is 8.29. The van der Waals surface area contributed by atoms with Crippen molar-refractivity contribution in [3.05, 3.63) is 36.5 Å². The first-order valence-electron chi connectivity index (χ1n) is 5.92. The number of hydrogen-bond donors (Lipinski definition) is 0. The molecule has 0 atom stereocenters. The van der Waals surface area contributed by atoms with Gasteiger partial charge >= 0.3 is 0 Å². The Kier molecular flexibility index (Phi) is 6.00. The van der Waals surface area contributed by atoms with E-state index in [0.29, 0.717) is 17.9 Å². The van der Waals surface area contributed by atoms with Gasteiger partial charge in [-0.3, -0.25) is 4.79 Å². The lowest BCUT2D eigenvalue weighted by Gasteiger charge is -2.05. The second kappa shape index (κ2) is 7.60. The summed E-state index contributed by atoms with van der Waals surface area (Å²) in [6.07, 6.45) is 8.17. The molecule has 0 unspecified atom stereocenters. The Hall–Kier alpha value is -1.64. The van der Waals surface area contributed by atoms with E-state index in [1.165, 1.54) is 7.11 Å². The monoisotopic (exact) mass is 233 g/mol. The van der Waals surface area contributed by atoms with Crippen molar-refractivity contribution in [2.45, 2.75) is 32.1 Å². The Morgan fingerprint density at radius 2 is 2.29 bits per heavy atom. The van der Waals surface area contributed by atoms with Gasteiger partial charge in [0.25, 0.3) is 0 Å². The second-order valence-electron chi connectivity index (χ2n) is 3.87. The standard InChI is InChI=1S/C14H19NO2/c1-3-4-5-6-7-10-13(16)12-9-8-11-15-14(12)17-2/h3,8-9,11H,1,4-7,10H2,2H3. The summed E-state index contributed by atoms with van der Waals surface area (Å²) in [5.74, 6) is 0.525. The van der Waals surface area contributed by atoms with Gasteiger partial charge in [-0.25, -0.2) is 4.98 Å². The number of unbranched alkanes of at least 4 members (excludes halogenated alkanes) is 3. The number of carbonyl (C=O) groups excluding carboxylic acids is 1. The fourth-order valence-electron chi connectivity index (χ4n) is 1.65. The van der Waals surface area contributed by atoms with Gasteiger partial charge in [-0.15, -0.1) is 6.58 Å². The van der Waals surface area contributed by atoms with E-state index in [4.69, 9.17) is 4.74 Å². The van der Waals surface area contributed by atoms with E-state index in [2.05, 4.69) is 11.6 Å². The summed E-state index contributed by atoms with van der Waals surface area (Å²) in [5, 5.41) is 0. The van der Waals surface area contributed by atoms with Gasteiger partial charge in [0.2, 0.25) is 5.88 Å². The van der Waals surface area contributed by atoms with Crippen LogP contribution >= 0.6 is 0 Å². The van der Waals surface area contributed by atoms with Crippen molar-refractivity contribution in [2.24, 2.45) is 0 Å². The van der Waals surface area contributed by atoms with Gasteiger partial charge in [-0.2, -0.15) is 0 Å². The van der Waals surface area contributed by atoms with Crippen molar-refractivity contribution in [3.63, 3.8) is 0 Å². The van der Waals surface area contributed by atoms with Gasteiger partial charge < -0.3 is 4.74 Å². The summed E-state index contributed by atoms with van der Waals surface area (Å²) in [5.41, 5.74) is 0.582. The van der Waals surface area contributed by atoms with Crippen molar-refractivity contribution < 1.29 is 9.53 Å². The number of nitrogens with zero attached hydrogens (tertiary/aromatic N) is 1. The zero-order chi connectivity index (χ0) is 12.5. The number of carbonyl (C=O) groups is 1. The van der Waals surface area contributed by atoms with E-state index in [9.17, 15) is 4.79 Å². The summed E-state index contributed by atoms with van der Waals surface area (Å²) >= 11 is 0. The van der Waals surface area contributed by atoms with Crippen LogP contribution in [-0.4, -0.2) is 17.9 Å². The van der Waals surface area contributed by atoms with E-state index in [1.54, 1.807) is 18.3 Å². The minimum atomic E-state index is 0.105. The Balaban J connectivity index is 2.44. The second-order valence-corrected chi connectivity index (χ2v) is 3.87. The summed E-state index contributed by atoms with van der Waals surface area (Å²) in [6, 6.07) is 3.52. The van der Waals surface area contributed by atoms with Crippen LogP contribution < -0.4 is 4.74 Å². The maximum atomic E-state index is 11.9. The van der Waals surface area contributed by atoms with Crippen LogP contribution in [0.15, 0.2) is 31.0 Å². The van der Waals surface area contributed by atoms with Crippen LogP contribution in [0.1, 0.15) is 42.5 Å². The third-order valence-corrected chi connectivity index (χ3v) is 2.58. The van der Waals surface area contributed by atoms with E-state index >= 15 is 0 Å². The number of allylic oxidation sites excluding steroid dienone is 1. The van der Waals surface area contributed by atoms with E-state index in [1.807, 2.05) is 6.08 Å². The molecule has 92 valence electrons. The fraction of sp³-hybridized carbons (Fsp3) is 0.429. The van der Waals surface area contributed by atoms with Gasteiger partial charge in [-0.05, 0) is 31.4 Å². The number of Topliss-reactive ketones (excluding diaryl/α,β-unsaturated/α-hetero) is 1. The normalized spacial score (nSPS) is 9.94. The molecule has 0 saturated heterocycles. The Morgan fingerprint density at radius 1 is 1.47 bits per heavy atom. The molecule has 0 fully saturated rings. The fourth-order valence-corrected chi connectivity index (χ4v) is 1.65. The summed E-state index contributed by atoms with van der Waals surface area (Å²) < 4.78 is 5.07. The van der Waals surface area contributed by atoms with E-state index in [0.717, 1.165) is 25.7 Å². The zero-order valence-corrected chi connectivity index (χ0v) is 10.3. The highest BCUT2D eigenvalue weighted by Gasteiger charge is 2.11. The predicted octanol–water partition coefficient (Wildman–Crippen LogP) is 3.41. The third-order valence-electron chi connectivity index (χ3n) is 2.58. The number of hydrogen-bond acceptors (Lipinski definition) is 3. The molecule has 0 saturated carbocycles. The number of ketones is 1. The molecule has 0 radical (unpaired) electrons. The Bertz CT molecular complexity index is 374. The van der Waals surface area contributed by atoms with Crippen molar-refractivity contribution in [2.75, 3.05) is 7.11 Å². The van der Waals surface area contributed by atoms with Crippen LogP contribution in [0.4, 0.5) is 0 Å². The summed E-state index contributed by atoms with van der Waals surface area (Å²) in [4.78, 5) is 15.9. The Morgan fingerprint density at radius 3 is 3.00 bits per heavy atom. The van der Waals surface area contributed by atoms with Crippen molar-refractivity contribution in [3.8, 4) is 5.88 Å². The Labute approximate surface area is 103 Å². The maximum Gasteiger partial charge on any atom is 0.224 e. The molecule has 0 amide bonds. The topological polar surface area (TPSA) is 39.2 Å².